The molecule has 0 aliphatic carbocycles. The first-order valence-corrected chi connectivity index (χ1v) is 8.15. The second kappa shape index (κ2) is 8.15. The van der Waals surface area contributed by atoms with Gasteiger partial charge in [-0.1, -0.05) is 32.4 Å². The Balaban J connectivity index is 2.20. The summed E-state index contributed by atoms with van der Waals surface area (Å²) in [6, 6.07) is 5.03. The smallest absolute Gasteiger partial charge is 0.462 e. The molecule has 0 radical (unpaired) electrons. The van der Waals surface area contributed by atoms with E-state index in [2.05, 4.69) is 5.32 Å². The van der Waals surface area contributed by atoms with E-state index in [-0.39, 0.29) is 11.4 Å². The molecule has 1 heterocycles. The van der Waals surface area contributed by atoms with Gasteiger partial charge in [-0.3, -0.25) is 0 Å². The van der Waals surface area contributed by atoms with Crippen LogP contribution >= 0.6 is 11.6 Å². The van der Waals surface area contributed by atoms with Crippen molar-refractivity contribution in [2.45, 2.75) is 20.8 Å². The zero-order valence-electron chi connectivity index (χ0n) is 13.9. The van der Waals surface area contributed by atoms with Crippen LogP contribution in [0.2, 0.25) is 5.02 Å². The van der Waals surface area contributed by atoms with Crippen molar-refractivity contribution in [3.8, 4) is 0 Å². The molecule has 1 fully saturated rings. The summed E-state index contributed by atoms with van der Waals surface area (Å²) in [4.78, 5) is 12.4. The summed E-state index contributed by atoms with van der Waals surface area (Å²) in [7, 11) is -0.618. The fraction of sp³-hybridized carbons (Fsp3) is 0.562. The SMILES string of the molecule is CC(C)(C)COC(=O)c1ccc(Cl)cc1B1OCCNCCO1. The molecule has 1 saturated heterocycles. The predicted octanol–water partition coefficient (Wildman–Crippen LogP) is 1.87. The lowest BCUT2D eigenvalue weighted by Gasteiger charge is -2.22. The molecule has 0 atom stereocenters. The predicted molar refractivity (Wildman–Crippen MR) is 91.4 cm³/mol. The summed E-state index contributed by atoms with van der Waals surface area (Å²) in [6.45, 7) is 8.84. The number of rotatable bonds is 3. The zero-order chi connectivity index (χ0) is 16.9. The number of hydrogen-bond donors (Lipinski definition) is 1. The highest BCUT2D eigenvalue weighted by atomic mass is 35.5. The van der Waals surface area contributed by atoms with Crippen LogP contribution in [0.1, 0.15) is 31.1 Å². The molecule has 7 heteroatoms. The fourth-order valence-electron chi connectivity index (χ4n) is 2.10. The Morgan fingerprint density at radius 3 is 2.57 bits per heavy atom. The molecule has 1 N–H and O–H groups in total. The highest BCUT2D eigenvalue weighted by Gasteiger charge is 2.29. The van der Waals surface area contributed by atoms with E-state index in [0.717, 1.165) is 13.1 Å². The highest BCUT2D eigenvalue weighted by Crippen LogP contribution is 2.16. The monoisotopic (exact) mass is 339 g/mol. The first-order valence-electron chi connectivity index (χ1n) is 7.77. The van der Waals surface area contributed by atoms with Crippen LogP contribution in [0.3, 0.4) is 0 Å². The van der Waals surface area contributed by atoms with Gasteiger partial charge in [-0.2, -0.15) is 0 Å². The summed E-state index contributed by atoms with van der Waals surface area (Å²) in [5.74, 6) is -0.390. The standard InChI is InChI=1S/C16H23BClNO4/c1-16(2,3)11-21-15(20)13-5-4-12(18)10-14(13)17-22-8-6-19-7-9-23-17/h4-5,10,19H,6-9,11H2,1-3H3. The minimum atomic E-state index is -0.618. The van der Waals surface area contributed by atoms with Crippen molar-refractivity contribution in [2.24, 2.45) is 5.41 Å². The molecular formula is C16H23BClNO4. The molecular weight excluding hydrogens is 316 g/mol. The fourth-order valence-corrected chi connectivity index (χ4v) is 2.28. The Labute approximate surface area is 142 Å². The molecule has 1 aliphatic rings. The van der Waals surface area contributed by atoms with Gasteiger partial charge in [0.05, 0.1) is 12.2 Å². The van der Waals surface area contributed by atoms with Gasteiger partial charge in [0.1, 0.15) is 0 Å². The summed E-state index contributed by atoms with van der Waals surface area (Å²) in [5, 5.41) is 3.70. The maximum Gasteiger partial charge on any atom is 0.494 e. The largest absolute Gasteiger partial charge is 0.494 e. The number of nitrogens with one attached hydrogen (secondary N) is 1. The van der Waals surface area contributed by atoms with Crippen molar-refractivity contribution < 1.29 is 18.8 Å². The molecule has 0 unspecified atom stereocenters. The maximum atomic E-state index is 12.4. The van der Waals surface area contributed by atoms with E-state index in [0.29, 0.717) is 35.9 Å². The number of ether oxygens (including phenoxy) is 1. The van der Waals surface area contributed by atoms with Crippen LogP contribution < -0.4 is 10.8 Å². The average Bonchev–Trinajstić information content (AvgIpc) is 2.43. The van der Waals surface area contributed by atoms with Gasteiger partial charge in [0.2, 0.25) is 0 Å². The van der Waals surface area contributed by atoms with Crippen molar-refractivity contribution in [2.75, 3.05) is 32.9 Å². The zero-order valence-corrected chi connectivity index (χ0v) is 14.6. The van der Waals surface area contributed by atoms with Gasteiger partial charge in [0, 0.05) is 31.3 Å². The molecule has 23 heavy (non-hydrogen) atoms. The molecule has 1 aromatic rings. The number of benzene rings is 1. The van der Waals surface area contributed by atoms with Crippen molar-refractivity contribution in [3.63, 3.8) is 0 Å². The Bertz CT molecular complexity index is 539. The average molecular weight is 340 g/mol. The van der Waals surface area contributed by atoms with Crippen LogP contribution in [0, 0.1) is 5.41 Å². The van der Waals surface area contributed by atoms with Gasteiger partial charge in [-0.15, -0.1) is 0 Å². The van der Waals surface area contributed by atoms with Gasteiger partial charge in [-0.05, 0) is 29.1 Å². The quantitative estimate of drug-likeness (QED) is 0.673. The highest BCUT2D eigenvalue weighted by molar-refractivity contribution is 6.63. The van der Waals surface area contributed by atoms with E-state index in [9.17, 15) is 4.79 Å². The lowest BCUT2D eigenvalue weighted by atomic mass is 9.75. The molecule has 126 valence electrons. The Hall–Kier alpha value is -1.08. The van der Waals surface area contributed by atoms with Crippen LogP contribution in [0.5, 0.6) is 0 Å². The van der Waals surface area contributed by atoms with E-state index < -0.39 is 7.12 Å². The Morgan fingerprint density at radius 1 is 1.30 bits per heavy atom. The minimum Gasteiger partial charge on any atom is -0.462 e. The van der Waals surface area contributed by atoms with Crippen molar-refractivity contribution in [3.05, 3.63) is 28.8 Å². The Kier molecular flexibility index (Phi) is 6.47. The third-order valence-electron chi connectivity index (χ3n) is 3.22. The minimum absolute atomic E-state index is 0.0961. The van der Waals surface area contributed by atoms with E-state index in [1.54, 1.807) is 18.2 Å². The molecule has 2 rings (SSSR count). The molecule has 0 saturated carbocycles. The summed E-state index contributed by atoms with van der Waals surface area (Å²) in [6.07, 6.45) is 0. The number of carbonyl (C=O) groups excluding carboxylic acids is 1. The van der Waals surface area contributed by atoms with Gasteiger partial charge < -0.3 is 19.4 Å². The van der Waals surface area contributed by atoms with E-state index in [1.807, 2.05) is 20.8 Å². The third kappa shape index (κ3) is 5.81. The first kappa shape index (κ1) is 18.3. The van der Waals surface area contributed by atoms with Crippen molar-refractivity contribution in [1.82, 2.24) is 5.32 Å². The van der Waals surface area contributed by atoms with Gasteiger partial charge in [-0.25, -0.2) is 4.79 Å². The molecule has 1 aromatic carbocycles. The van der Waals surface area contributed by atoms with E-state index >= 15 is 0 Å². The summed E-state index contributed by atoms with van der Waals surface area (Å²) in [5.41, 5.74) is 0.941. The maximum absolute atomic E-state index is 12.4. The van der Waals surface area contributed by atoms with Crippen LogP contribution in [0.4, 0.5) is 0 Å². The number of hydrogen-bond acceptors (Lipinski definition) is 5. The number of carbonyl (C=O) groups is 1. The molecule has 1 aliphatic heterocycles. The molecule has 5 nitrogen and oxygen atoms in total. The summed E-state index contributed by atoms with van der Waals surface area (Å²) >= 11 is 6.09. The van der Waals surface area contributed by atoms with Crippen LogP contribution in [0.15, 0.2) is 18.2 Å². The summed E-state index contributed by atoms with van der Waals surface area (Å²) < 4.78 is 16.8. The van der Waals surface area contributed by atoms with Crippen LogP contribution in [-0.2, 0) is 14.0 Å². The van der Waals surface area contributed by atoms with E-state index in [4.69, 9.17) is 25.6 Å². The topological polar surface area (TPSA) is 56.8 Å². The second-order valence-electron chi connectivity index (χ2n) is 6.69. The van der Waals surface area contributed by atoms with Gasteiger partial charge in [0.25, 0.3) is 0 Å². The number of esters is 1. The molecule has 0 amide bonds. The van der Waals surface area contributed by atoms with Crippen molar-refractivity contribution >= 4 is 30.2 Å². The molecule has 0 aromatic heterocycles. The van der Waals surface area contributed by atoms with Crippen LogP contribution in [0.25, 0.3) is 0 Å². The van der Waals surface area contributed by atoms with Crippen LogP contribution in [-0.4, -0.2) is 46.0 Å². The Morgan fingerprint density at radius 2 is 1.96 bits per heavy atom. The molecule has 0 spiro atoms. The second-order valence-corrected chi connectivity index (χ2v) is 7.13. The van der Waals surface area contributed by atoms with Crippen molar-refractivity contribution in [1.29, 1.82) is 0 Å². The normalized spacial score (nSPS) is 16.6. The molecule has 0 bridgehead atoms. The number of halogens is 1. The third-order valence-corrected chi connectivity index (χ3v) is 3.45. The van der Waals surface area contributed by atoms with E-state index in [1.165, 1.54) is 0 Å². The first-order chi connectivity index (χ1) is 10.9. The lowest BCUT2D eigenvalue weighted by Crippen LogP contribution is -2.45. The van der Waals surface area contributed by atoms with Gasteiger partial charge >= 0.3 is 13.1 Å². The lowest BCUT2D eigenvalue weighted by molar-refractivity contribution is 0.0367. The van der Waals surface area contributed by atoms with Gasteiger partial charge in [0.15, 0.2) is 0 Å².